The molecule has 15 heavy (non-hydrogen) atoms. The van der Waals surface area contributed by atoms with Crippen molar-refractivity contribution >= 4 is 0 Å². The highest BCUT2D eigenvalue weighted by Crippen LogP contribution is 2.17. The zero-order valence-electron chi connectivity index (χ0n) is 9.41. The van der Waals surface area contributed by atoms with Gasteiger partial charge in [-0.25, -0.2) is 0 Å². The maximum Gasteiger partial charge on any atom is 0.117 e. The molecule has 2 heterocycles. The zero-order chi connectivity index (χ0) is 10.5. The number of nitrogens with one attached hydrogen (secondary N) is 1. The molecule has 1 aromatic heterocycles. The molecule has 3 heteroatoms. The minimum Gasteiger partial charge on any atom is -0.468 e. The molecule has 1 aromatic rings. The summed E-state index contributed by atoms with van der Waals surface area (Å²) in [4.78, 5) is 2.49. The Morgan fingerprint density at radius 2 is 2.53 bits per heavy atom. The van der Waals surface area contributed by atoms with Crippen LogP contribution in [0.1, 0.15) is 18.6 Å². The average molecular weight is 208 g/mol. The second kappa shape index (κ2) is 5.33. The van der Waals surface area contributed by atoms with E-state index in [1.807, 2.05) is 13.1 Å². The Bertz CT molecular complexity index is 269. The third-order valence-corrected chi connectivity index (χ3v) is 3.06. The highest BCUT2D eigenvalue weighted by molar-refractivity contribution is 4.98. The van der Waals surface area contributed by atoms with Gasteiger partial charge in [-0.3, -0.25) is 4.90 Å². The minimum absolute atomic E-state index is 0.804. The Labute approximate surface area is 91.4 Å². The van der Waals surface area contributed by atoms with Crippen LogP contribution < -0.4 is 5.32 Å². The lowest BCUT2D eigenvalue weighted by Crippen LogP contribution is -2.38. The monoisotopic (exact) mass is 208 g/mol. The summed E-state index contributed by atoms with van der Waals surface area (Å²) in [6.45, 7) is 4.50. The van der Waals surface area contributed by atoms with Gasteiger partial charge in [-0.1, -0.05) is 0 Å². The molecular formula is C12H20N2O. The van der Waals surface area contributed by atoms with Crippen LogP contribution >= 0.6 is 0 Å². The van der Waals surface area contributed by atoms with Crippen molar-refractivity contribution in [3.8, 4) is 0 Å². The molecule has 1 aliphatic rings. The topological polar surface area (TPSA) is 28.4 Å². The lowest BCUT2D eigenvalue weighted by atomic mass is 9.98. The third kappa shape index (κ3) is 3.08. The molecule has 0 aliphatic carbocycles. The minimum atomic E-state index is 0.804. The van der Waals surface area contributed by atoms with Crippen LogP contribution in [0.3, 0.4) is 0 Å². The first-order valence-corrected chi connectivity index (χ1v) is 5.78. The summed E-state index contributed by atoms with van der Waals surface area (Å²) in [7, 11) is 2.03. The molecule has 1 fully saturated rings. The summed E-state index contributed by atoms with van der Waals surface area (Å²) in [6.07, 6.45) is 4.42. The van der Waals surface area contributed by atoms with Gasteiger partial charge in [0.15, 0.2) is 0 Å². The maximum atomic E-state index is 5.37. The van der Waals surface area contributed by atoms with Gasteiger partial charge in [0.1, 0.15) is 5.76 Å². The van der Waals surface area contributed by atoms with Crippen LogP contribution in [0.4, 0.5) is 0 Å². The zero-order valence-corrected chi connectivity index (χ0v) is 9.41. The van der Waals surface area contributed by atoms with E-state index < -0.39 is 0 Å². The van der Waals surface area contributed by atoms with E-state index >= 15 is 0 Å². The SMILES string of the molecule is CNCC1CCCN(Cc2ccco2)C1. The van der Waals surface area contributed by atoms with Crippen molar-refractivity contribution in [2.45, 2.75) is 19.4 Å². The van der Waals surface area contributed by atoms with E-state index in [1.54, 1.807) is 6.26 Å². The van der Waals surface area contributed by atoms with Crippen LogP contribution in [-0.2, 0) is 6.54 Å². The van der Waals surface area contributed by atoms with Gasteiger partial charge >= 0.3 is 0 Å². The van der Waals surface area contributed by atoms with Gasteiger partial charge in [0.05, 0.1) is 12.8 Å². The molecule has 3 nitrogen and oxygen atoms in total. The van der Waals surface area contributed by atoms with E-state index in [1.165, 1.54) is 25.9 Å². The number of hydrogen-bond acceptors (Lipinski definition) is 3. The summed E-state index contributed by atoms with van der Waals surface area (Å²) in [5, 5.41) is 3.27. The van der Waals surface area contributed by atoms with Crippen LogP contribution in [0.25, 0.3) is 0 Å². The molecule has 1 N–H and O–H groups in total. The van der Waals surface area contributed by atoms with E-state index in [-0.39, 0.29) is 0 Å². The van der Waals surface area contributed by atoms with Gasteiger partial charge in [0.25, 0.3) is 0 Å². The van der Waals surface area contributed by atoms with Crippen molar-refractivity contribution in [1.29, 1.82) is 0 Å². The Kier molecular flexibility index (Phi) is 3.80. The lowest BCUT2D eigenvalue weighted by Gasteiger charge is -2.31. The van der Waals surface area contributed by atoms with E-state index in [0.29, 0.717) is 0 Å². The summed E-state index contributed by atoms with van der Waals surface area (Å²) >= 11 is 0. The van der Waals surface area contributed by atoms with Gasteiger partial charge < -0.3 is 9.73 Å². The lowest BCUT2D eigenvalue weighted by molar-refractivity contribution is 0.156. The Balaban J connectivity index is 1.82. The van der Waals surface area contributed by atoms with Crippen molar-refractivity contribution < 1.29 is 4.42 Å². The number of likely N-dealkylation sites (tertiary alicyclic amines) is 1. The van der Waals surface area contributed by atoms with E-state index in [9.17, 15) is 0 Å². The first-order valence-electron chi connectivity index (χ1n) is 5.78. The van der Waals surface area contributed by atoms with Gasteiger partial charge in [0.2, 0.25) is 0 Å². The van der Waals surface area contributed by atoms with Crippen LogP contribution in [0, 0.1) is 5.92 Å². The van der Waals surface area contributed by atoms with Crippen molar-refractivity contribution in [3.63, 3.8) is 0 Å². The second-order valence-electron chi connectivity index (χ2n) is 4.38. The number of nitrogens with zero attached hydrogens (tertiary/aromatic N) is 1. The Hall–Kier alpha value is -0.800. The second-order valence-corrected chi connectivity index (χ2v) is 4.38. The van der Waals surface area contributed by atoms with Crippen molar-refractivity contribution in [2.24, 2.45) is 5.92 Å². The maximum absolute atomic E-state index is 5.37. The highest BCUT2D eigenvalue weighted by atomic mass is 16.3. The fraction of sp³-hybridized carbons (Fsp3) is 0.667. The van der Waals surface area contributed by atoms with Gasteiger partial charge in [-0.15, -0.1) is 0 Å². The molecule has 0 amide bonds. The van der Waals surface area contributed by atoms with E-state index in [4.69, 9.17) is 4.42 Å². The van der Waals surface area contributed by atoms with E-state index in [0.717, 1.165) is 24.8 Å². The quantitative estimate of drug-likeness (QED) is 0.816. The summed E-state index contributed by atoms with van der Waals surface area (Å²) in [6, 6.07) is 4.02. The van der Waals surface area contributed by atoms with Crippen LogP contribution in [0.15, 0.2) is 22.8 Å². The largest absolute Gasteiger partial charge is 0.468 e. The molecule has 1 aliphatic heterocycles. The first kappa shape index (κ1) is 10.7. The molecule has 0 spiro atoms. The summed E-state index contributed by atoms with van der Waals surface area (Å²) in [5.74, 6) is 1.89. The van der Waals surface area contributed by atoms with Gasteiger partial charge in [-0.2, -0.15) is 0 Å². The Morgan fingerprint density at radius 3 is 3.27 bits per heavy atom. The van der Waals surface area contributed by atoms with Crippen molar-refractivity contribution in [1.82, 2.24) is 10.2 Å². The number of furan rings is 1. The average Bonchev–Trinajstić information content (AvgIpc) is 2.71. The summed E-state index contributed by atoms with van der Waals surface area (Å²) < 4.78 is 5.37. The van der Waals surface area contributed by atoms with E-state index in [2.05, 4.69) is 16.3 Å². The third-order valence-electron chi connectivity index (χ3n) is 3.06. The van der Waals surface area contributed by atoms with Gasteiger partial charge in [0, 0.05) is 6.54 Å². The van der Waals surface area contributed by atoms with Gasteiger partial charge in [-0.05, 0) is 51.0 Å². The normalized spacial score (nSPS) is 23.1. The molecule has 1 atom stereocenters. The molecule has 0 aromatic carbocycles. The number of hydrogen-bond donors (Lipinski definition) is 1. The highest BCUT2D eigenvalue weighted by Gasteiger charge is 2.19. The fourth-order valence-electron chi connectivity index (χ4n) is 2.37. The molecule has 1 saturated heterocycles. The molecule has 0 bridgehead atoms. The number of rotatable bonds is 4. The predicted molar refractivity (Wildman–Crippen MR) is 60.6 cm³/mol. The molecule has 0 saturated carbocycles. The standard InChI is InChI=1S/C12H20N2O/c1-13-8-11-4-2-6-14(9-11)10-12-5-3-7-15-12/h3,5,7,11,13H,2,4,6,8-10H2,1H3. The fourth-order valence-corrected chi connectivity index (χ4v) is 2.37. The molecule has 1 unspecified atom stereocenters. The summed E-state index contributed by atoms with van der Waals surface area (Å²) in [5.41, 5.74) is 0. The van der Waals surface area contributed by atoms with Crippen LogP contribution in [0.2, 0.25) is 0 Å². The van der Waals surface area contributed by atoms with Crippen LogP contribution in [0.5, 0.6) is 0 Å². The molecule has 0 radical (unpaired) electrons. The molecule has 2 rings (SSSR count). The first-order chi connectivity index (χ1) is 7.38. The molecule has 84 valence electrons. The van der Waals surface area contributed by atoms with Crippen molar-refractivity contribution in [3.05, 3.63) is 24.2 Å². The smallest absolute Gasteiger partial charge is 0.117 e. The molecular weight excluding hydrogens is 188 g/mol. The Morgan fingerprint density at radius 1 is 1.60 bits per heavy atom. The van der Waals surface area contributed by atoms with Crippen molar-refractivity contribution in [2.75, 3.05) is 26.7 Å². The van der Waals surface area contributed by atoms with Crippen LogP contribution in [-0.4, -0.2) is 31.6 Å². The predicted octanol–water partition coefficient (Wildman–Crippen LogP) is 1.71. The number of piperidine rings is 1.